The number of aryl methyl sites for hydroxylation is 1. The van der Waals surface area contributed by atoms with Crippen LogP contribution in [0.5, 0.6) is 0 Å². The fourth-order valence-electron chi connectivity index (χ4n) is 2.41. The lowest BCUT2D eigenvalue weighted by Gasteiger charge is -2.29. The Morgan fingerprint density at radius 1 is 1.25 bits per heavy atom. The zero-order chi connectivity index (χ0) is 11.8. The van der Waals surface area contributed by atoms with Crippen LogP contribution in [0.1, 0.15) is 42.7 Å². The second-order valence-corrected chi connectivity index (χ2v) is 4.71. The van der Waals surface area contributed by atoms with Gasteiger partial charge in [0, 0.05) is 18.5 Å². The largest absolute Gasteiger partial charge is 0.398 e. The third kappa shape index (κ3) is 2.18. The standard InChI is InChI=1S/C13H17F2N/c1-9-3-2-4-11(12(9)16)10-5-7-13(14,15)8-6-10/h2-4,10H,5-8,16H2,1H3. The van der Waals surface area contributed by atoms with Gasteiger partial charge in [0.2, 0.25) is 5.92 Å². The van der Waals surface area contributed by atoms with Crippen LogP contribution in [0.15, 0.2) is 18.2 Å². The van der Waals surface area contributed by atoms with Gasteiger partial charge in [0.25, 0.3) is 0 Å². The van der Waals surface area contributed by atoms with Gasteiger partial charge in [-0.3, -0.25) is 0 Å². The van der Waals surface area contributed by atoms with E-state index in [0.29, 0.717) is 12.8 Å². The molecule has 1 aliphatic rings. The predicted molar refractivity (Wildman–Crippen MR) is 61.7 cm³/mol. The van der Waals surface area contributed by atoms with Gasteiger partial charge in [-0.15, -0.1) is 0 Å². The molecule has 1 fully saturated rings. The first-order valence-corrected chi connectivity index (χ1v) is 5.72. The quantitative estimate of drug-likeness (QED) is 0.721. The lowest BCUT2D eigenvalue weighted by atomic mass is 9.81. The summed E-state index contributed by atoms with van der Waals surface area (Å²) in [6.07, 6.45) is 1.07. The molecule has 0 radical (unpaired) electrons. The minimum atomic E-state index is -2.46. The minimum absolute atomic E-state index is 0.00888. The number of benzene rings is 1. The Hall–Kier alpha value is -1.12. The van der Waals surface area contributed by atoms with E-state index in [1.807, 2.05) is 25.1 Å². The number of nitrogen functional groups attached to an aromatic ring is 1. The second-order valence-electron chi connectivity index (χ2n) is 4.71. The minimum Gasteiger partial charge on any atom is -0.398 e. The number of hydrogen-bond acceptors (Lipinski definition) is 1. The molecule has 0 heterocycles. The molecule has 1 nitrogen and oxygen atoms in total. The summed E-state index contributed by atoms with van der Waals surface area (Å²) in [5.74, 6) is -2.26. The van der Waals surface area contributed by atoms with Gasteiger partial charge in [0.05, 0.1) is 0 Å². The summed E-state index contributed by atoms with van der Waals surface area (Å²) >= 11 is 0. The Balaban J connectivity index is 2.17. The smallest absolute Gasteiger partial charge is 0.248 e. The van der Waals surface area contributed by atoms with E-state index < -0.39 is 5.92 Å². The van der Waals surface area contributed by atoms with Crippen LogP contribution >= 0.6 is 0 Å². The van der Waals surface area contributed by atoms with Crippen molar-refractivity contribution in [1.82, 2.24) is 0 Å². The number of anilines is 1. The molecule has 1 aliphatic carbocycles. The van der Waals surface area contributed by atoms with Gasteiger partial charge in [0.15, 0.2) is 0 Å². The van der Waals surface area contributed by atoms with E-state index in [-0.39, 0.29) is 18.8 Å². The van der Waals surface area contributed by atoms with Crippen LogP contribution in [0.2, 0.25) is 0 Å². The average Bonchev–Trinajstić information content (AvgIpc) is 2.23. The third-order valence-corrected chi connectivity index (χ3v) is 3.51. The number of halogens is 2. The molecule has 0 unspecified atom stereocenters. The Morgan fingerprint density at radius 3 is 2.50 bits per heavy atom. The van der Waals surface area contributed by atoms with Crippen LogP contribution in [0, 0.1) is 6.92 Å². The van der Waals surface area contributed by atoms with Crippen molar-refractivity contribution >= 4 is 5.69 Å². The van der Waals surface area contributed by atoms with Gasteiger partial charge in [-0.25, -0.2) is 8.78 Å². The van der Waals surface area contributed by atoms with E-state index in [1.54, 1.807) is 0 Å². The van der Waals surface area contributed by atoms with Gasteiger partial charge in [0.1, 0.15) is 0 Å². The van der Waals surface area contributed by atoms with Crippen molar-refractivity contribution in [3.05, 3.63) is 29.3 Å². The number of para-hydroxylation sites is 1. The van der Waals surface area contributed by atoms with E-state index in [2.05, 4.69) is 0 Å². The zero-order valence-corrected chi connectivity index (χ0v) is 9.47. The van der Waals surface area contributed by atoms with Crippen LogP contribution < -0.4 is 5.73 Å². The van der Waals surface area contributed by atoms with Crippen molar-refractivity contribution in [1.29, 1.82) is 0 Å². The molecule has 3 heteroatoms. The zero-order valence-electron chi connectivity index (χ0n) is 9.47. The maximum absolute atomic E-state index is 13.0. The molecule has 2 rings (SSSR count). The lowest BCUT2D eigenvalue weighted by Crippen LogP contribution is -2.24. The molecular weight excluding hydrogens is 208 g/mol. The average molecular weight is 225 g/mol. The molecular formula is C13H17F2N. The number of alkyl halides is 2. The molecule has 0 spiro atoms. The van der Waals surface area contributed by atoms with E-state index in [9.17, 15) is 8.78 Å². The molecule has 16 heavy (non-hydrogen) atoms. The summed E-state index contributed by atoms with van der Waals surface area (Å²) in [6.45, 7) is 1.95. The highest BCUT2D eigenvalue weighted by molar-refractivity contribution is 5.54. The highest BCUT2D eigenvalue weighted by Gasteiger charge is 2.35. The fraction of sp³-hybridized carbons (Fsp3) is 0.538. The predicted octanol–water partition coefficient (Wildman–Crippen LogP) is 3.87. The molecule has 2 N–H and O–H groups in total. The Bertz CT molecular complexity index is 378. The van der Waals surface area contributed by atoms with Crippen molar-refractivity contribution < 1.29 is 8.78 Å². The van der Waals surface area contributed by atoms with E-state index in [4.69, 9.17) is 5.73 Å². The van der Waals surface area contributed by atoms with Crippen molar-refractivity contribution in [2.24, 2.45) is 0 Å². The monoisotopic (exact) mass is 225 g/mol. The van der Waals surface area contributed by atoms with E-state index >= 15 is 0 Å². The van der Waals surface area contributed by atoms with E-state index in [0.717, 1.165) is 16.8 Å². The summed E-state index contributed by atoms with van der Waals surface area (Å²) in [5.41, 5.74) is 8.86. The van der Waals surface area contributed by atoms with Crippen molar-refractivity contribution in [2.75, 3.05) is 5.73 Å². The highest BCUT2D eigenvalue weighted by Crippen LogP contribution is 2.42. The Kier molecular flexibility index (Phi) is 2.87. The molecule has 0 bridgehead atoms. The van der Waals surface area contributed by atoms with E-state index in [1.165, 1.54) is 0 Å². The van der Waals surface area contributed by atoms with Gasteiger partial charge >= 0.3 is 0 Å². The topological polar surface area (TPSA) is 26.0 Å². The highest BCUT2D eigenvalue weighted by atomic mass is 19.3. The number of hydrogen-bond donors (Lipinski definition) is 1. The Morgan fingerprint density at radius 2 is 1.88 bits per heavy atom. The summed E-state index contributed by atoms with van der Waals surface area (Å²) in [6, 6.07) is 5.88. The summed E-state index contributed by atoms with van der Waals surface area (Å²) in [7, 11) is 0. The summed E-state index contributed by atoms with van der Waals surface area (Å²) < 4.78 is 26.1. The first-order chi connectivity index (χ1) is 7.49. The first kappa shape index (κ1) is 11.4. The number of rotatable bonds is 1. The molecule has 1 saturated carbocycles. The fourth-order valence-corrected chi connectivity index (χ4v) is 2.41. The van der Waals surface area contributed by atoms with Crippen LogP contribution in [0.25, 0.3) is 0 Å². The van der Waals surface area contributed by atoms with Gasteiger partial charge in [-0.05, 0) is 36.8 Å². The Labute approximate surface area is 94.7 Å². The SMILES string of the molecule is Cc1cccc(C2CCC(F)(F)CC2)c1N. The van der Waals surface area contributed by atoms with Gasteiger partial charge < -0.3 is 5.73 Å². The molecule has 0 aliphatic heterocycles. The molecule has 0 atom stereocenters. The van der Waals surface area contributed by atoms with Crippen molar-refractivity contribution in [2.45, 2.75) is 44.4 Å². The van der Waals surface area contributed by atoms with Crippen LogP contribution in [0.3, 0.4) is 0 Å². The van der Waals surface area contributed by atoms with Gasteiger partial charge in [-0.2, -0.15) is 0 Å². The van der Waals surface area contributed by atoms with Crippen LogP contribution in [-0.4, -0.2) is 5.92 Å². The van der Waals surface area contributed by atoms with Gasteiger partial charge in [-0.1, -0.05) is 18.2 Å². The summed E-state index contributed by atoms with van der Waals surface area (Å²) in [5, 5.41) is 0. The third-order valence-electron chi connectivity index (χ3n) is 3.51. The molecule has 0 amide bonds. The van der Waals surface area contributed by atoms with Crippen molar-refractivity contribution in [3.63, 3.8) is 0 Å². The van der Waals surface area contributed by atoms with Crippen LogP contribution in [0.4, 0.5) is 14.5 Å². The molecule has 1 aromatic rings. The molecule has 88 valence electrons. The molecule has 0 aromatic heterocycles. The summed E-state index contributed by atoms with van der Waals surface area (Å²) in [4.78, 5) is 0. The number of nitrogens with two attached hydrogens (primary N) is 1. The second kappa shape index (κ2) is 4.04. The molecule has 1 aromatic carbocycles. The normalized spacial score (nSPS) is 20.9. The first-order valence-electron chi connectivity index (χ1n) is 5.72. The lowest BCUT2D eigenvalue weighted by molar-refractivity contribution is -0.0381. The molecule has 0 saturated heterocycles. The maximum Gasteiger partial charge on any atom is 0.248 e. The maximum atomic E-state index is 13.0. The van der Waals surface area contributed by atoms with Crippen molar-refractivity contribution in [3.8, 4) is 0 Å². The van der Waals surface area contributed by atoms with Crippen LogP contribution in [-0.2, 0) is 0 Å².